The molecule has 0 spiro atoms. The van der Waals surface area contributed by atoms with Gasteiger partial charge in [-0.1, -0.05) is 54.1 Å². The van der Waals surface area contributed by atoms with Gasteiger partial charge in [0.1, 0.15) is 11.6 Å². The zero-order chi connectivity index (χ0) is 32.9. The Morgan fingerprint density at radius 2 is 1.78 bits per heavy atom. The summed E-state index contributed by atoms with van der Waals surface area (Å²) in [6.07, 6.45) is 0.368. The van der Waals surface area contributed by atoms with E-state index in [0.29, 0.717) is 35.4 Å². The molecule has 240 valence electrons. The van der Waals surface area contributed by atoms with Gasteiger partial charge in [0.15, 0.2) is 5.96 Å². The number of nitrogens with zero attached hydrogens (tertiary/aromatic N) is 2. The fourth-order valence-electron chi connectivity index (χ4n) is 5.76. The number of guanidine groups is 1. The van der Waals surface area contributed by atoms with E-state index in [1.807, 2.05) is 12.1 Å². The molecule has 0 saturated carbocycles. The smallest absolute Gasteiger partial charge is 0.331 e. The minimum Gasteiger partial charge on any atom is -0.467 e. The van der Waals surface area contributed by atoms with Crippen LogP contribution in [0.3, 0.4) is 0 Å². The predicted octanol–water partition coefficient (Wildman–Crippen LogP) is 2.58. The second-order valence-electron chi connectivity index (χ2n) is 11.2. The number of ether oxygens (including phenoxy) is 1. The van der Waals surface area contributed by atoms with E-state index in [1.165, 1.54) is 24.1 Å². The van der Waals surface area contributed by atoms with Gasteiger partial charge >= 0.3 is 5.97 Å². The Hall–Kier alpha value is -4.20. The standard InChI is InChI=1S/C31H37ClN6O6S/c1-31(29(41)44-2,23-8-5-15-37(19-23)30(34)35)38(18-20-9-12-24(32)13-10-20)28(40)26(17-27(33)39)36-45(42,43)25-14-11-21-6-3-4-7-22(21)16-25/h3-4,6-7,9-14,16,23,26,36H,5,8,15,17-19H2,1-2H3,(H2,33,39)(H3,34,35)/t23-,26-,31?/m0/s1. The van der Waals surface area contributed by atoms with Gasteiger partial charge in [-0.2, -0.15) is 4.72 Å². The van der Waals surface area contributed by atoms with Crippen molar-refractivity contribution in [3.05, 3.63) is 77.3 Å². The summed E-state index contributed by atoms with van der Waals surface area (Å²) < 4.78 is 34.9. The van der Waals surface area contributed by atoms with E-state index in [4.69, 9.17) is 33.2 Å². The highest BCUT2D eigenvalue weighted by atomic mass is 35.5. The molecule has 6 N–H and O–H groups in total. The molecule has 1 heterocycles. The Morgan fingerprint density at radius 3 is 2.40 bits per heavy atom. The van der Waals surface area contributed by atoms with Crippen molar-refractivity contribution in [1.29, 1.82) is 5.41 Å². The first-order valence-corrected chi connectivity index (χ1v) is 16.1. The molecule has 1 aliphatic rings. The molecule has 2 amide bonds. The molecule has 1 aliphatic heterocycles. The van der Waals surface area contributed by atoms with E-state index < -0.39 is 51.7 Å². The maximum absolute atomic E-state index is 14.6. The number of halogens is 1. The lowest BCUT2D eigenvalue weighted by atomic mass is 9.78. The van der Waals surface area contributed by atoms with Crippen LogP contribution in [0.15, 0.2) is 71.6 Å². The van der Waals surface area contributed by atoms with Crippen LogP contribution in [0, 0.1) is 11.3 Å². The highest BCUT2D eigenvalue weighted by Crippen LogP contribution is 2.36. The van der Waals surface area contributed by atoms with E-state index in [-0.39, 0.29) is 23.9 Å². The van der Waals surface area contributed by atoms with Gasteiger partial charge in [0.05, 0.1) is 18.4 Å². The maximum Gasteiger partial charge on any atom is 0.331 e. The van der Waals surface area contributed by atoms with E-state index >= 15 is 0 Å². The number of benzene rings is 3. The average molecular weight is 657 g/mol. The number of fused-ring (bicyclic) bond motifs is 1. The molecule has 1 fully saturated rings. The molecule has 3 atom stereocenters. The number of sulfonamides is 1. The van der Waals surface area contributed by atoms with Crippen LogP contribution in [-0.2, 0) is 35.7 Å². The molecule has 12 nitrogen and oxygen atoms in total. The molecule has 0 aliphatic carbocycles. The molecule has 4 rings (SSSR count). The molecule has 0 aromatic heterocycles. The van der Waals surface area contributed by atoms with Crippen molar-refractivity contribution in [1.82, 2.24) is 14.5 Å². The fraction of sp³-hybridized carbons (Fsp3) is 0.355. The van der Waals surface area contributed by atoms with Crippen LogP contribution >= 0.6 is 11.6 Å². The lowest BCUT2D eigenvalue weighted by Gasteiger charge is -2.48. The second-order valence-corrected chi connectivity index (χ2v) is 13.4. The topological polar surface area (TPSA) is 189 Å². The third-order valence-corrected chi connectivity index (χ3v) is 9.99. The number of carbonyl (C=O) groups is 3. The van der Waals surface area contributed by atoms with Crippen LogP contribution in [0.1, 0.15) is 31.7 Å². The number of likely N-dealkylation sites (tertiary alicyclic amines) is 1. The Balaban J connectivity index is 1.80. The number of primary amides is 1. The SMILES string of the molecule is COC(=O)C(C)([C@H]1CCCN(C(=N)N)C1)N(Cc1ccc(Cl)cc1)C(=O)[C@H](CC(N)=O)NS(=O)(=O)c1ccc2ccccc2c1. The van der Waals surface area contributed by atoms with Gasteiger partial charge in [-0.15, -0.1) is 0 Å². The Morgan fingerprint density at radius 1 is 1.11 bits per heavy atom. The zero-order valence-electron chi connectivity index (χ0n) is 25.0. The number of esters is 1. The minimum atomic E-state index is -4.36. The molecular formula is C31H37ClN6O6S. The number of hydrogen-bond acceptors (Lipinski definition) is 7. The number of nitrogens with one attached hydrogen (secondary N) is 2. The number of amides is 2. The summed E-state index contributed by atoms with van der Waals surface area (Å²) in [7, 11) is -3.17. The Labute approximate surface area is 267 Å². The maximum atomic E-state index is 14.6. The first-order chi connectivity index (χ1) is 21.3. The summed E-state index contributed by atoms with van der Waals surface area (Å²) in [5, 5.41) is 9.90. The van der Waals surface area contributed by atoms with Crippen molar-refractivity contribution in [2.75, 3.05) is 20.2 Å². The molecule has 3 aromatic rings. The van der Waals surface area contributed by atoms with Crippen LogP contribution in [0.25, 0.3) is 10.8 Å². The summed E-state index contributed by atoms with van der Waals surface area (Å²) in [4.78, 5) is 43.2. The van der Waals surface area contributed by atoms with Crippen LogP contribution in [0.2, 0.25) is 5.02 Å². The van der Waals surface area contributed by atoms with Crippen molar-refractivity contribution in [3.8, 4) is 0 Å². The van der Waals surface area contributed by atoms with Crippen molar-refractivity contribution in [2.45, 2.75) is 49.2 Å². The van der Waals surface area contributed by atoms with Crippen LogP contribution < -0.4 is 16.2 Å². The molecule has 14 heteroatoms. The van der Waals surface area contributed by atoms with Crippen molar-refractivity contribution >= 4 is 56.1 Å². The van der Waals surface area contributed by atoms with Gasteiger partial charge in [0, 0.05) is 30.6 Å². The van der Waals surface area contributed by atoms with Gasteiger partial charge in [0.25, 0.3) is 0 Å². The van der Waals surface area contributed by atoms with Crippen LogP contribution in [-0.4, -0.2) is 73.7 Å². The number of hydrogen-bond donors (Lipinski definition) is 4. The second kappa shape index (κ2) is 13.8. The third kappa shape index (κ3) is 7.55. The monoisotopic (exact) mass is 656 g/mol. The Kier molecular flexibility index (Phi) is 10.4. The number of methoxy groups -OCH3 is 1. The first-order valence-electron chi connectivity index (χ1n) is 14.3. The predicted molar refractivity (Wildman–Crippen MR) is 171 cm³/mol. The average Bonchev–Trinajstić information content (AvgIpc) is 3.02. The fourth-order valence-corrected chi connectivity index (χ4v) is 7.11. The van der Waals surface area contributed by atoms with Gasteiger partial charge in [-0.3, -0.25) is 15.0 Å². The lowest BCUT2D eigenvalue weighted by Crippen LogP contribution is -2.65. The van der Waals surface area contributed by atoms with Crippen molar-refractivity contribution in [2.24, 2.45) is 17.4 Å². The van der Waals surface area contributed by atoms with Gasteiger partial charge in [0.2, 0.25) is 21.8 Å². The quantitative estimate of drug-likeness (QED) is 0.138. The highest BCUT2D eigenvalue weighted by Gasteiger charge is 2.52. The molecule has 0 radical (unpaired) electrons. The van der Waals surface area contributed by atoms with Crippen molar-refractivity contribution in [3.63, 3.8) is 0 Å². The van der Waals surface area contributed by atoms with Gasteiger partial charge in [-0.05, 0) is 60.4 Å². The highest BCUT2D eigenvalue weighted by molar-refractivity contribution is 7.89. The van der Waals surface area contributed by atoms with Gasteiger partial charge in [-0.25, -0.2) is 13.2 Å². The van der Waals surface area contributed by atoms with E-state index in [0.717, 1.165) is 5.39 Å². The summed E-state index contributed by atoms with van der Waals surface area (Å²) in [6.45, 7) is 2.03. The zero-order valence-corrected chi connectivity index (χ0v) is 26.6. The van der Waals surface area contributed by atoms with E-state index in [1.54, 1.807) is 54.3 Å². The third-order valence-electron chi connectivity index (χ3n) is 8.27. The van der Waals surface area contributed by atoms with Crippen LogP contribution in [0.5, 0.6) is 0 Å². The normalized spacial score (nSPS) is 17.2. The molecule has 0 bridgehead atoms. The van der Waals surface area contributed by atoms with E-state index in [2.05, 4.69) is 4.72 Å². The van der Waals surface area contributed by atoms with Crippen LogP contribution in [0.4, 0.5) is 0 Å². The van der Waals surface area contributed by atoms with Gasteiger partial charge < -0.3 is 26.0 Å². The summed E-state index contributed by atoms with van der Waals surface area (Å²) in [5.41, 5.74) is 10.2. The lowest BCUT2D eigenvalue weighted by molar-refractivity contribution is -0.168. The van der Waals surface area contributed by atoms with E-state index in [9.17, 15) is 22.8 Å². The summed E-state index contributed by atoms with van der Waals surface area (Å²) in [6, 6.07) is 16.6. The number of piperidine rings is 1. The number of carbonyl (C=O) groups excluding carboxylic acids is 3. The molecule has 1 unspecified atom stereocenters. The van der Waals surface area contributed by atoms with Crippen molar-refractivity contribution < 1.29 is 27.5 Å². The number of nitrogens with two attached hydrogens (primary N) is 2. The molecule has 1 saturated heterocycles. The molecule has 45 heavy (non-hydrogen) atoms. The largest absolute Gasteiger partial charge is 0.467 e. The Bertz CT molecular complexity index is 1700. The number of rotatable bonds is 11. The molecule has 3 aromatic carbocycles. The molecular weight excluding hydrogens is 620 g/mol. The first kappa shape index (κ1) is 33.7. The summed E-state index contributed by atoms with van der Waals surface area (Å²) in [5.74, 6) is -3.31. The summed E-state index contributed by atoms with van der Waals surface area (Å²) >= 11 is 6.10. The minimum absolute atomic E-state index is 0.118.